The highest BCUT2D eigenvalue weighted by Crippen LogP contribution is 2.39. The molecule has 0 unspecified atom stereocenters. The summed E-state index contributed by atoms with van der Waals surface area (Å²) in [7, 11) is 0. The second kappa shape index (κ2) is 8.36. The number of aryl methyl sites for hydroxylation is 3. The first-order valence-corrected chi connectivity index (χ1v) is 13.4. The molecule has 8 bridgehead atoms. The fourth-order valence-corrected chi connectivity index (χ4v) is 6.24. The van der Waals surface area contributed by atoms with Gasteiger partial charge in [0.25, 0.3) is 0 Å². The molecule has 2 N–H and O–H groups in total. The number of nitrogens with one attached hydrogen (secondary N) is 2. The lowest BCUT2D eigenvalue weighted by atomic mass is 9.86. The monoisotopic (exact) mass is 528 g/mol. The van der Waals surface area contributed by atoms with Crippen molar-refractivity contribution in [2.45, 2.75) is 46.5 Å². The highest BCUT2D eigenvalue weighted by atomic mass is 16.6. The van der Waals surface area contributed by atoms with Crippen LogP contribution in [-0.2, 0) is 16.6 Å². The first-order valence-electron chi connectivity index (χ1n) is 13.4. The van der Waals surface area contributed by atoms with E-state index in [1.54, 1.807) is 6.07 Å². The SMILES string of the molecule is Cc1cc(C)c(-c2c3nc(cc4nc(cc5[nH]c(c6c7[nH]c2cc7C(=O)OC6=O)CC5(C)C)C=C4)C=C3)c(C)c1. The van der Waals surface area contributed by atoms with Crippen LogP contribution in [0.1, 0.15) is 85.4 Å². The number of H-pyrrole nitrogens is 2. The fourth-order valence-electron chi connectivity index (χ4n) is 6.24. The zero-order valence-electron chi connectivity index (χ0n) is 23.0. The second-order valence-electron chi connectivity index (χ2n) is 11.6. The van der Waals surface area contributed by atoms with Gasteiger partial charge in [0.2, 0.25) is 0 Å². The van der Waals surface area contributed by atoms with Crippen LogP contribution in [0.25, 0.3) is 46.5 Å². The van der Waals surface area contributed by atoms with Gasteiger partial charge in [-0.1, -0.05) is 31.5 Å². The highest BCUT2D eigenvalue weighted by Gasteiger charge is 2.35. The van der Waals surface area contributed by atoms with Crippen molar-refractivity contribution >= 4 is 47.3 Å². The maximum absolute atomic E-state index is 13.2. The topological polar surface area (TPSA) is 101 Å². The largest absolute Gasteiger partial charge is 0.386 e. The summed E-state index contributed by atoms with van der Waals surface area (Å²) in [5.41, 5.74) is 11.6. The quantitative estimate of drug-likeness (QED) is 0.184. The van der Waals surface area contributed by atoms with E-state index in [4.69, 9.17) is 14.7 Å². The van der Waals surface area contributed by atoms with Gasteiger partial charge in [0.1, 0.15) is 5.56 Å². The summed E-state index contributed by atoms with van der Waals surface area (Å²) in [6.07, 6.45) is 8.48. The van der Waals surface area contributed by atoms with E-state index in [1.165, 1.54) is 5.56 Å². The van der Waals surface area contributed by atoms with E-state index in [-0.39, 0.29) is 5.41 Å². The lowest BCUT2D eigenvalue weighted by Gasteiger charge is -2.17. The van der Waals surface area contributed by atoms with Crippen molar-refractivity contribution in [3.8, 4) is 11.1 Å². The Balaban J connectivity index is 1.69. The molecule has 7 nitrogen and oxygen atoms in total. The van der Waals surface area contributed by atoms with E-state index >= 15 is 0 Å². The molecule has 0 spiro atoms. The molecule has 40 heavy (non-hydrogen) atoms. The van der Waals surface area contributed by atoms with Crippen LogP contribution in [0.3, 0.4) is 0 Å². The molecular formula is C33H28N4O3. The molecule has 0 fully saturated rings. The average molecular weight is 529 g/mol. The van der Waals surface area contributed by atoms with Crippen molar-refractivity contribution in [1.29, 1.82) is 0 Å². The summed E-state index contributed by atoms with van der Waals surface area (Å²) in [6.45, 7) is 10.5. The highest BCUT2D eigenvalue weighted by molar-refractivity contribution is 6.17. The Morgan fingerprint density at radius 2 is 1.43 bits per heavy atom. The van der Waals surface area contributed by atoms with Crippen LogP contribution >= 0.6 is 0 Å². The van der Waals surface area contributed by atoms with Gasteiger partial charge in [0.05, 0.1) is 33.9 Å². The number of aromatic nitrogens is 4. The number of nitrogens with zero attached hydrogens (tertiary/aromatic N) is 2. The zero-order chi connectivity index (χ0) is 27.9. The van der Waals surface area contributed by atoms with Crippen molar-refractivity contribution in [2.24, 2.45) is 0 Å². The first-order chi connectivity index (χ1) is 19.1. The van der Waals surface area contributed by atoms with E-state index in [9.17, 15) is 9.59 Å². The maximum Gasteiger partial charge on any atom is 0.349 e. The number of esters is 2. The molecule has 0 amide bonds. The Labute approximate surface area is 231 Å². The molecule has 7 rings (SSSR count). The van der Waals surface area contributed by atoms with Gasteiger partial charge < -0.3 is 14.7 Å². The molecule has 0 atom stereocenters. The Kier molecular flexibility index (Phi) is 5.07. The average Bonchev–Trinajstić information content (AvgIpc) is 3.64. The number of hydrogen-bond donors (Lipinski definition) is 2. The van der Waals surface area contributed by atoms with E-state index in [1.807, 2.05) is 36.4 Å². The van der Waals surface area contributed by atoms with Gasteiger partial charge in [-0.2, -0.15) is 0 Å². The molecule has 3 aromatic rings. The molecule has 2 aromatic heterocycles. The predicted octanol–water partition coefficient (Wildman–Crippen LogP) is 6.80. The van der Waals surface area contributed by atoms with Crippen LogP contribution in [0.5, 0.6) is 0 Å². The normalized spacial score (nSPS) is 15.8. The number of benzene rings is 1. The Bertz CT molecular complexity index is 1930. The number of cyclic esters (lactones) is 2. The zero-order valence-corrected chi connectivity index (χ0v) is 23.0. The predicted molar refractivity (Wildman–Crippen MR) is 156 cm³/mol. The van der Waals surface area contributed by atoms with Crippen molar-refractivity contribution in [2.75, 3.05) is 0 Å². The van der Waals surface area contributed by atoms with Gasteiger partial charge >= 0.3 is 11.9 Å². The molecular weight excluding hydrogens is 500 g/mol. The van der Waals surface area contributed by atoms with Crippen molar-refractivity contribution in [3.63, 3.8) is 0 Å². The fraction of sp³-hybridized carbons (Fsp3) is 0.212. The molecule has 6 heterocycles. The van der Waals surface area contributed by atoms with E-state index in [0.29, 0.717) is 34.3 Å². The minimum Gasteiger partial charge on any atom is -0.386 e. The number of hydrogen-bond acceptors (Lipinski definition) is 5. The summed E-state index contributed by atoms with van der Waals surface area (Å²) < 4.78 is 5.27. The number of carbonyl (C=O) groups is 2. The molecule has 0 saturated heterocycles. The minimum atomic E-state index is -0.660. The van der Waals surface area contributed by atoms with E-state index in [2.05, 4.69) is 56.7 Å². The lowest BCUT2D eigenvalue weighted by molar-refractivity contribution is 0.0390. The van der Waals surface area contributed by atoms with Gasteiger partial charge in [-0.3, -0.25) is 0 Å². The van der Waals surface area contributed by atoms with Crippen LogP contribution in [-0.4, -0.2) is 31.9 Å². The number of fused-ring (bicyclic) bond motifs is 8. The molecule has 0 saturated carbocycles. The molecule has 0 aliphatic carbocycles. The van der Waals surface area contributed by atoms with Crippen LogP contribution < -0.4 is 0 Å². The van der Waals surface area contributed by atoms with Crippen molar-refractivity contribution in [1.82, 2.24) is 19.9 Å². The number of rotatable bonds is 1. The molecule has 7 heteroatoms. The molecule has 1 aromatic carbocycles. The number of carbonyl (C=O) groups excluding carboxylic acids is 2. The maximum atomic E-state index is 13.2. The third-order valence-corrected chi connectivity index (χ3v) is 8.00. The second-order valence-corrected chi connectivity index (χ2v) is 11.6. The van der Waals surface area contributed by atoms with Crippen LogP contribution in [0, 0.1) is 20.8 Å². The summed E-state index contributed by atoms with van der Waals surface area (Å²) in [5.74, 6) is -1.32. The molecule has 198 valence electrons. The van der Waals surface area contributed by atoms with Crippen LogP contribution in [0.2, 0.25) is 0 Å². The van der Waals surface area contributed by atoms with Crippen LogP contribution in [0.15, 0.2) is 30.3 Å². The summed E-state index contributed by atoms with van der Waals surface area (Å²) >= 11 is 0. The minimum absolute atomic E-state index is 0.286. The van der Waals surface area contributed by atoms with Crippen LogP contribution in [0.4, 0.5) is 0 Å². The Hall–Kier alpha value is -4.78. The van der Waals surface area contributed by atoms with E-state index in [0.717, 1.165) is 50.7 Å². The molecule has 4 aliphatic rings. The van der Waals surface area contributed by atoms with Gasteiger partial charge in [0, 0.05) is 27.9 Å². The molecule has 0 radical (unpaired) electrons. The Morgan fingerprint density at radius 3 is 2.17 bits per heavy atom. The van der Waals surface area contributed by atoms with Gasteiger partial charge in [0.15, 0.2) is 0 Å². The number of ether oxygens (including phenoxy) is 1. The lowest BCUT2D eigenvalue weighted by Crippen LogP contribution is -2.21. The van der Waals surface area contributed by atoms with Crippen molar-refractivity contribution < 1.29 is 14.3 Å². The standard InChI is InChI=1S/C33H28N4O3/c1-16-10-17(2)27(18(3)11-16)28-23-9-8-20(35-23)12-19-6-7-21(34-19)13-26-33(4,5)15-25(36-26)29-30-22(14-24(28)37-30)31(38)40-32(29)39/h6-14,36-37H,15H2,1-5H3. The smallest absolute Gasteiger partial charge is 0.349 e. The number of aromatic amines is 2. The summed E-state index contributed by atoms with van der Waals surface area (Å²) in [6, 6.07) is 10.1. The third-order valence-electron chi connectivity index (χ3n) is 8.00. The summed E-state index contributed by atoms with van der Waals surface area (Å²) in [4.78, 5) is 43.0. The van der Waals surface area contributed by atoms with Gasteiger partial charge in [-0.15, -0.1) is 0 Å². The van der Waals surface area contributed by atoms with Gasteiger partial charge in [-0.05, 0) is 86.4 Å². The molecule has 4 aliphatic heterocycles. The summed E-state index contributed by atoms with van der Waals surface area (Å²) in [5, 5.41) is 0. The first kappa shape index (κ1) is 24.3. The Morgan fingerprint density at radius 1 is 0.750 bits per heavy atom. The van der Waals surface area contributed by atoms with Crippen molar-refractivity contribution in [3.05, 3.63) is 92.3 Å². The van der Waals surface area contributed by atoms with Gasteiger partial charge in [-0.25, -0.2) is 19.6 Å². The third kappa shape index (κ3) is 3.72. The van der Waals surface area contributed by atoms with E-state index < -0.39 is 11.9 Å².